The fourth-order valence-electron chi connectivity index (χ4n) is 2.20. The van der Waals surface area contributed by atoms with Crippen LogP contribution in [0.1, 0.15) is 26.2 Å². The van der Waals surface area contributed by atoms with E-state index in [1.807, 2.05) is 0 Å². The smallest absolute Gasteiger partial charge is 0.408 e. The number of carboxylic acids is 1. The molecule has 0 radical (unpaired) electrons. The van der Waals surface area contributed by atoms with Gasteiger partial charge in [0.25, 0.3) is 0 Å². The second kappa shape index (κ2) is 6.88. The first-order valence-electron chi connectivity index (χ1n) is 6.27. The van der Waals surface area contributed by atoms with Crippen LogP contribution in [0.5, 0.6) is 0 Å². The van der Waals surface area contributed by atoms with E-state index in [4.69, 9.17) is 10.2 Å². The van der Waals surface area contributed by atoms with Gasteiger partial charge in [-0.3, -0.25) is 14.5 Å². The molecule has 112 valence electrons. The van der Waals surface area contributed by atoms with Crippen molar-refractivity contribution in [2.75, 3.05) is 13.2 Å². The van der Waals surface area contributed by atoms with E-state index in [9.17, 15) is 19.2 Å². The summed E-state index contributed by atoms with van der Waals surface area (Å²) in [6.07, 6.45) is -1.49. The molecule has 1 amide bonds. The fraction of sp³-hybridized carbons (Fsp3) is 0.667. The Morgan fingerprint density at radius 3 is 2.35 bits per heavy atom. The molecule has 20 heavy (non-hydrogen) atoms. The van der Waals surface area contributed by atoms with Gasteiger partial charge in [-0.1, -0.05) is 0 Å². The summed E-state index contributed by atoms with van der Waals surface area (Å²) in [7, 11) is 0. The predicted octanol–water partition coefficient (Wildman–Crippen LogP) is 0.352. The Morgan fingerprint density at radius 1 is 1.20 bits per heavy atom. The third-order valence-corrected chi connectivity index (χ3v) is 3.19. The van der Waals surface area contributed by atoms with Crippen LogP contribution in [0.2, 0.25) is 0 Å². The number of amides is 1. The summed E-state index contributed by atoms with van der Waals surface area (Å²) in [6, 6.07) is -1.14. The molecule has 0 spiro atoms. The second-order valence-electron chi connectivity index (χ2n) is 4.51. The normalized spacial score (nSPS) is 22.1. The van der Waals surface area contributed by atoms with Crippen molar-refractivity contribution in [1.29, 1.82) is 0 Å². The zero-order valence-corrected chi connectivity index (χ0v) is 11.1. The Hall–Kier alpha value is -2.12. The van der Waals surface area contributed by atoms with Gasteiger partial charge in [0.2, 0.25) is 0 Å². The molecule has 1 fully saturated rings. The number of ketones is 1. The standard InChI is InChI=1S/C12H17NO7/c1-2-20-10(15)5-9(14)7-3-4-8(11(16)17)13(6-7)12(18)19/h7-8H,2-6H2,1H3,(H,16,17)(H,18,19). The number of hydrogen-bond acceptors (Lipinski definition) is 5. The Labute approximate surface area is 115 Å². The largest absolute Gasteiger partial charge is 0.480 e. The van der Waals surface area contributed by atoms with Gasteiger partial charge in [0, 0.05) is 12.5 Å². The molecule has 1 heterocycles. The number of hydrogen-bond donors (Lipinski definition) is 2. The third-order valence-electron chi connectivity index (χ3n) is 3.19. The monoisotopic (exact) mass is 287 g/mol. The quantitative estimate of drug-likeness (QED) is 0.552. The molecule has 1 rings (SSSR count). The van der Waals surface area contributed by atoms with Crippen LogP contribution in [0.15, 0.2) is 0 Å². The van der Waals surface area contributed by atoms with E-state index in [0.29, 0.717) is 0 Å². The molecule has 0 aromatic rings. The molecule has 0 aromatic carbocycles. The maximum absolute atomic E-state index is 11.9. The minimum atomic E-state index is -1.38. The first-order valence-corrected chi connectivity index (χ1v) is 6.27. The lowest BCUT2D eigenvalue weighted by molar-refractivity contribution is -0.149. The maximum atomic E-state index is 11.9. The SMILES string of the molecule is CCOC(=O)CC(=O)C1CCC(C(=O)O)N(C(=O)O)C1. The Kier molecular flexibility index (Phi) is 5.48. The average Bonchev–Trinajstić information content (AvgIpc) is 2.37. The van der Waals surface area contributed by atoms with Crippen LogP contribution in [-0.4, -0.2) is 58.1 Å². The van der Waals surface area contributed by atoms with Gasteiger partial charge in [0.1, 0.15) is 18.2 Å². The van der Waals surface area contributed by atoms with Crippen molar-refractivity contribution in [3.05, 3.63) is 0 Å². The molecule has 0 aliphatic carbocycles. The van der Waals surface area contributed by atoms with Crippen LogP contribution in [-0.2, 0) is 19.1 Å². The first-order chi connectivity index (χ1) is 9.36. The summed E-state index contributed by atoms with van der Waals surface area (Å²) >= 11 is 0. The van der Waals surface area contributed by atoms with Gasteiger partial charge in [-0.05, 0) is 19.8 Å². The third kappa shape index (κ3) is 3.94. The number of rotatable bonds is 5. The summed E-state index contributed by atoms with van der Waals surface area (Å²) in [6.45, 7) is 1.58. The zero-order chi connectivity index (χ0) is 15.3. The molecule has 1 aliphatic heterocycles. The minimum Gasteiger partial charge on any atom is -0.480 e. The van der Waals surface area contributed by atoms with E-state index in [0.717, 1.165) is 4.90 Å². The average molecular weight is 287 g/mol. The lowest BCUT2D eigenvalue weighted by Crippen LogP contribution is -2.51. The molecule has 0 aromatic heterocycles. The number of ether oxygens (including phenoxy) is 1. The van der Waals surface area contributed by atoms with Gasteiger partial charge in [-0.15, -0.1) is 0 Å². The number of aliphatic carboxylic acids is 1. The first kappa shape index (κ1) is 15.9. The van der Waals surface area contributed by atoms with Crippen molar-refractivity contribution in [2.24, 2.45) is 5.92 Å². The van der Waals surface area contributed by atoms with Crippen molar-refractivity contribution in [1.82, 2.24) is 4.90 Å². The lowest BCUT2D eigenvalue weighted by atomic mass is 9.88. The molecule has 8 nitrogen and oxygen atoms in total. The van der Waals surface area contributed by atoms with Gasteiger partial charge in [0.05, 0.1) is 6.61 Å². The zero-order valence-electron chi connectivity index (χ0n) is 11.1. The highest BCUT2D eigenvalue weighted by molar-refractivity contribution is 5.97. The number of esters is 1. The van der Waals surface area contributed by atoms with Gasteiger partial charge < -0.3 is 14.9 Å². The number of carbonyl (C=O) groups excluding carboxylic acids is 2. The van der Waals surface area contributed by atoms with E-state index in [1.165, 1.54) is 0 Å². The Bertz CT molecular complexity index is 420. The van der Waals surface area contributed by atoms with Crippen molar-refractivity contribution in [3.63, 3.8) is 0 Å². The molecule has 2 N–H and O–H groups in total. The van der Waals surface area contributed by atoms with Crippen LogP contribution in [0.3, 0.4) is 0 Å². The number of piperidine rings is 1. The van der Waals surface area contributed by atoms with Crippen LogP contribution in [0.25, 0.3) is 0 Å². The summed E-state index contributed by atoms with van der Waals surface area (Å²) in [5.74, 6) is -2.96. The molecule has 1 aliphatic rings. The highest BCUT2D eigenvalue weighted by atomic mass is 16.5. The summed E-state index contributed by atoms with van der Waals surface area (Å²) in [5.41, 5.74) is 0. The molecule has 0 bridgehead atoms. The van der Waals surface area contributed by atoms with Crippen molar-refractivity contribution in [3.8, 4) is 0 Å². The Balaban J connectivity index is 2.66. The van der Waals surface area contributed by atoms with E-state index in [1.54, 1.807) is 6.92 Å². The number of carboxylic acid groups (broad SMARTS) is 2. The molecule has 8 heteroatoms. The van der Waals surface area contributed by atoms with Crippen molar-refractivity contribution >= 4 is 23.8 Å². The van der Waals surface area contributed by atoms with Crippen LogP contribution < -0.4 is 0 Å². The molecular weight excluding hydrogens is 270 g/mol. The molecule has 1 saturated heterocycles. The molecular formula is C12H17NO7. The van der Waals surface area contributed by atoms with E-state index in [2.05, 4.69) is 4.74 Å². The van der Waals surface area contributed by atoms with Gasteiger partial charge >= 0.3 is 18.0 Å². The summed E-state index contributed by atoms with van der Waals surface area (Å²) < 4.78 is 4.65. The summed E-state index contributed by atoms with van der Waals surface area (Å²) in [4.78, 5) is 45.8. The van der Waals surface area contributed by atoms with Crippen molar-refractivity contribution in [2.45, 2.75) is 32.2 Å². The van der Waals surface area contributed by atoms with E-state index >= 15 is 0 Å². The van der Waals surface area contributed by atoms with Crippen LogP contribution >= 0.6 is 0 Å². The van der Waals surface area contributed by atoms with E-state index < -0.39 is 42.2 Å². The van der Waals surface area contributed by atoms with Gasteiger partial charge in [0.15, 0.2) is 0 Å². The van der Waals surface area contributed by atoms with Crippen molar-refractivity contribution < 1.29 is 34.1 Å². The number of likely N-dealkylation sites (tertiary alicyclic amines) is 1. The maximum Gasteiger partial charge on any atom is 0.408 e. The Morgan fingerprint density at radius 2 is 1.85 bits per heavy atom. The summed E-state index contributed by atoms with van der Waals surface area (Å²) in [5, 5.41) is 17.9. The molecule has 2 atom stereocenters. The fourth-order valence-corrected chi connectivity index (χ4v) is 2.20. The van der Waals surface area contributed by atoms with Gasteiger partial charge in [-0.2, -0.15) is 0 Å². The lowest BCUT2D eigenvalue weighted by Gasteiger charge is -2.34. The predicted molar refractivity (Wildman–Crippen MR) is 65.1 cm³/mol. The minimum absolute atomic E-state index is 0.0564. The number of nitrogens with zero attached hydrogens (tertiary/aromatic N) is 1. The second-order valence-corrected chi connectivity index (χ2v) is 4.51. The highest BCUT2D eigenvalue weighted by Crippen LogP contribution is 2.24. The molecule has 2 unspecified atom stereocenters. The van der Waals surface area contributed by atoms with Crippen LogP contribution in [0, 0.1) is 5.92 Å². The number of Topliss-reactive ketones (excluding diaryl/α,β-unsaturated/α-hetero) is 1. The van der Waals surface area contributed by atoms with Crippen LogP contribution in [0.4, 0.5) is 4.79 Å². The highest BCUT2D eigenvalue weighted by Gasteiger charge is 2.38. The van der Waals surface area contributed by atoms with E-state index in [-0.39, 0.29) is 26.0 Å². The van der Waals surface area contributed by atoms with Gasteiger partial charge in [-0.25, -0.2) is 9.59 Å². The number of carbonyl (C=O) groups is 4. The molecule has 0 saturated carbocycles. The topological polar surface area (TPSA) is 121 Å².